The van der Waals surface area contributed by atoms with Gasteiger partial charge in [-0.15, -0.1) is 11.3 Å². The molecule has 0 atom stereocenters. The van der Waals surface area contributed by atoms with Crippen LogP contribution in [0.25, 0.3) is 21.3 Å². The van der Waals surface area contributed by atoms with Crippen LogP contribution in [0.3, 0.4) is 0 Å². The van der Waals surface area contributed by atoms with Crippen molar-refractivity contribution in [2.45, 2.75) is 32.7 Å². The summed E-state index contributed by atoms with van der Waals surface area (Å²) in [7, 11) is 0. The number of rotatable bonds is 4. The zero-order valence-electron chi connectivity index (χ0n) is 16.6. The summed E-state index contributed by atoms with van der Waals surface area (Å²) in [6.07, 6.45) is 4.79. The highest BCUT2D eigenvalue weighted by molar-refractivity contribution is 7.17. The van der Waals surface area contributed by atoms with Crippen molar-refractivity contribution in [1.29, 1.82) is 0 Å². The second-order valence-corrected chi connectivity index (χ2v) is 8.62. The number of aryl methyl sites for hydroxylation is 3. The van der Waals surface area contributed by atoms with E-state index in [1.165, 1.54) is 33.4 Å². The van der Waals surface area contributed by atoms with Gasteiger partial charge in [-0.1, -0.05) is 35.9 Å². The van der Waals surface area contributed by atoms with Crippen LogP contribution in [-0.2, 0) is 24.2 Å². The first kappa shape index (κ1) is 18.8. The highest BCUT2D eigenvalue weighted by Crippen LogP contribution is 2.30. The number of fused-ring (bicyclic) bond motifs is 2. The van der Waals surface area contributed by atoms with Gasteiger partial charge in [0, 0.05) is 16.6 Å². The molecule has 0 unspecified atom stereocenters. The van der Waals surface area contributed by atoms with E-state index in [1.807, 2.05) is 48.7 Å². The number of nitrogens with one attached hydrogen (secondary N) is 1. The molecule has 0 radical (unpaired) electrons. The predicted molar refractivity (Wildman–Crippen MR) is 121 cm³/mol. The number of carbonyl (C=O) groups is 1. The fourth-order valence-electron chi connectivity index (χ4n) is 4.03. The molecule has 150 valence electrons. The Balaban J connectivity index is 1.42. The minimum absolute atomic E-state index is 0.0674. The van der Waals surface area contributed by atoms with Crippen LogP contribution in [0.5, 0.6) is 0 Å². The maximum absolute atomic E-state index is 13.1. The Bertz CT molecular complexity index is 1320. The molecular weight excluding hydrogens is 394 g/mol. The summed E-state index contributed by atoms with van der Waals surface area (Å²) in [6.45, 7) is 1.96. The number of hydrogen-bond donors (Lipinski definition) is 1. The first-order chi connectivity index (χ1) is 14.6. The fraction of sp³-hybridized carbons (Fsp3) is 0.208. The van der Waals surface area contributed by atoms with E-state index in [0.717, 1.165) is 41.6 Å². The van der Waals surface area contributed by atoms with Gasteiger partial charge < -0.3 is 5.32 Å². The maximum atomic E-state index is 13.1. The molecule has 2 aromatic carbocycles. The standard InChI is InChI=1S/C24H21N3O2S/c1-15-5-7-17(8-6-15)20-13-30-23-22(20)24(29)27(14-25-23)12-21(28)26-19-10-9-16-3-2-4-18(16)11-19/h5-11,13-14H,2-4,12H2,1H3,(H,26,28). The third-order valence-corrected chi connectivity index (χ3v) is 6.51. The Morgan fingerprint density at radius 3 is 2.77 bits per heavy atom. The molecule has 2 aromatic heterocycles. The third kappa shape index (κ3) is 3.44. The molecule has 5 rings (SSSR count). The van der Waals surface area contributed by atoms with E-state index in [1.54, 1.807) is 0 Å². The van der Waals surface area contributed by atoms with Gasteiger partial charge >= 0.3 is 0 Å². The van der Waals surface area contributed by atoms with Crippen LogP contribution < -0.4 is 10.9 Å². The molecule has 0 fully saturated rings. The normalized spacial score (nSPS) is 12.8. The Kier molecular flexibility index (Phi) is 4.71. The molecule has 5 nitrogen and oxygen atoms in total. The Hall–Kier alpha value is -3.25. The highest BCUT2D eigenvalue weighted by Gasteiger charge is 2.16. The van der Waals surface area contributed by atoms with E-state index in [0.29, 0.717) is 10.2 Å². The van der Waals surface area contributed by atoms with Gasteiger partial charge in [0.1, 0.15) is 11.4 Å². The lowest BCUT2D eigenvalue weighted by molar-refractivity contribution is -0.116. The monoisotopic (exact) mass is 415 g/mol. The van der Waals surface area contributed by atoms with Crippen molar-refractivity contribution in [3.63, 3.8) is 0 Å². The molecular formula is C24H21N3O2S. The Morgan fingerprint density at radius 2 is 1.93 bits per heavy atom. The second kappa shape index (κ2) is 7.54. The van der Waals surface area contributed by atoms with Crippen molar-refractivity contribution in [3.8, 4) is 11.1 Å². The SMILES string of the molecule is Cc1ccc(-c2csc3ncn(CC(=O)Nc4ccc5c(c4)CCC5)c(=O)c23)cc1. The van der Waals surface area contributed by atoms with Crippen molar-refractivity contribution < 1.29 is 4.79 Å². The summed E-state index contributed by atoms with van der Waals surface area (Å²) in [5.41, 5.74) is 6.25. The second-order valence-electron chi connectivity index (χ2n) is 7.76. The molecule has 1 aliphatic rings. The average Bonchev–Trinajstić information content (AvgIpc) is 3.37. The van der Waals surface area contributed by atoms with Crippen LogP contribution in [0.2, 0.25) is 0 Å². The summed E-state index contributed by atoms with van der Waals surface area (Å²) in [5, 5.41) is 5.44. The number of nitrogens with zero attached hydrogens (tertiary/aromatic N) is 2. The minimum Gasteiger partial charge on any atom is -0.325 e. The molecule has 2 heterocycles. The molecule has 0 bridgehead atoms. The predicted octanol–water partition coefficient (Wildman–Crippen LogP) is 4.56. The zero-order valence-corrected chi connectivity index (χ0v) is 17.5. The van der Waals surface area contributed by atoms with Gasteiger partial charge in [-0.2, -0.15) is 0 Å². The molecule has 30 heavy (non-hydrogen) atoms. The molecule has 1 amide bonds. The molecule has 0 saturated heterocycles. The number of carbonyl (C=O) groups excluding carboxylic acids is 1. The van der Waals surface area contributed by atoms with Crippen LogP contribution in [0.15, 0.2) is 59.0 Å². The summed E-state index contributed by atoms with van der Waals surface area (Å²) < 4.78 is 1.38. The molecule has 6 heteroatoms. The third-order valence-electron chi connectivity index (χ3n) is 5.62. The van der Waals surface area contributed by atoms with Gasteiger partial charge in [-0.05, 0) is 55.0 Å². The summed E-state index contributed by atoms with van der Waals surface area (Å²) >= 11 is 1.44. The highest BCUT2D eigenvalue weighted by atomic mass is 32.1. The summed E-state index contributed by atoms with van der Waals surface area (Å²) in [4.78, 5) is 30.8. The van der Waals surface area contributed by atoms with E-state index in [-0.39, 0.29) is 18.0 Å². The van der Waals surface area contributed by atoms with Crippen LogP contribution in [0, 0.1) is 6.92 Å². The lowest BCUT2D eigenvalue weighted by atomic mass is 10.1. The molecule has 0 saturated carbocycles. The lowest BCUT2D eigenvalue weighted by Gasteiger charge is -2.09. The van der Waals surface area contributed by atoms with Crippen LogP contribution >= 0.6 is 11.3 Å². The molecule has 4 aromatic rings. The molecule has 1 aliphatic carbocycles. The number of thiophene rings is 1. The Morgan fingerprint density at radius 1 is 1.13 bits per heavy atom. The Labute approximate surface area is 178 Å². The smallest absolute Gasteiger partial charge is 0.263 e. The van der Waals surface area contributed by atoms with E-state index < -0.39 is 0 Å². The van der Waals surface area contributed by atoms with Gasteiger partial charge in [-0.3, -0.25) is 14.2 Å². The van der Waals surface area contributed by atoms with Gasteiger partial charge in [0.15, 0.2) is 0 Å². The summed E-state index contributed by atoms with van der Waals surface area (Å²) in [6, 6.07) is 14.1. The van der Waals surface area contributed by atoms with Crippen molar-refractivity contribution in [1.82, 2.24) is 9.55 Å². The van der Waals surface area contributed by atoms with Gasteiger partial charge in [0.25, 0.3) is 5.56 Å². The van der Waals surface area contributed by atoms with E-state index in [2.05, 4.69) is 16.4 Å². The number of benzene rings is 2. The van der Waals surface area contributed by atoms with E-state index >= 15 is 0 Å². The van der Waals surface area contributed by atoms with Crippen molar-refractivity contribution in [2.75, 3.05) is 5.32 Å². The lowest BCUT2D eigenvalue weighted by Crippen LogP contribution is -2.27. The average molecular weight is 416 g/mol. The van der Waals surface area contributed by atoms with Crippen LogP contribution in [-0.4, -0.2) is 15.5 Å². The molecule has 0 aliphatic heterocycles. The van der Waals surface area contributed by atoms with E-state index in [9.17, 15) is 9.59 Å². The van der Waals surface area contributed by atoms with Gasteiger partial charge in [0.05, 0.1) is 11.7 Å². The topological polar surface area (TPSA) is 64.0 Å². The molecule has 0 spiro atoms. The zero-order chi connectivity index (χ0) is 20.7. The van der Waals surface area contributed by atoms with E-state index in [4.69, 9.17) is 0 Å². The minimum atomic E-state index is -0.233. The number of aromatic nitrogens is 2. The number of anilines is 1. The summed E-state index contributed by atoms with van der Waals surface area (Å²) in [5.74, 6) is -0.233. The fourth-order valence-corrected chi connectivity index (χ4v) is 4.94. The van der Waals surface area contributed by atoms with Crippen molar-refractivity contribution in [3.05, 3.63) is 81.2 Å². The van der Waals surface area contributed by atoms with Gasteiger partial charge in [0.2, 0.25) is 5.91 Å². The quantitative estimate of drug-likeness (QED) is 0.531. The first-order valence-corrected chi connectivity index (χ1v) is 10.9. The largest absolute Gasteiger partial charge is 0.325 e. The van der Waals surface area contributed by atoms with Crippen molar-refractivity contribution >= 4 is 33.1 Å². The first-order valence-electron chi connectivity index (χ1n) is 10.0. The maximum Gasteiger partial charge on any atom is 0.263 e. The van der Waals surface area contributed by atoms with Crippen LogP contribution in [0.4, 0.5) is 5.69 Å². The van der Waals surface area contributed by atoms with Crippen molar-refractivity contribution in [2.24, 2.45) is 0 Å². The van der Waals surface area contributed by atoms with Gasteiger partial charge in [-0.25, -0.2) is 4.98 Å². The number of hydrogen-bond acceptors (Lipinski definition) is 4. The van der Waals surface area contributed by atoms with Crippen LogP contribution in [0.1, 0.15) is 23.1 Å². The number of amides is 1. The molecule has 1 N–H and O–H groups in total.